The highest BCUT2D eigenvalue weighted by atomic mass is 16.5. The van der Waals surface area contributed by atoms with Gasteiger partial charge in [0.05, 0.1) is 6.61 Å². The Morgan fingerprint density at radius 2 is 1.70 bits per heavy atom. The van der Waals surface area contributed by atoms with Gasteiger partial charge in [-0.15, -0.1) is 0 Å². The smallest absolute Gasteiger partial charge is 0.323 e. The number of hydrogen-bond acceptors (Lipinski definition) is 4. The summed E-state index contributed by atoms with van der Waals surface area (Å²) in [5, 5.41) is 0. The van der Waals surface area contributed by atoms with Gasteiger partial charge >= 0.3 is 5.97 Å². The zero-order chi connectivity index (χ0) is 13.9. The number of rotatable bonds is 2. The fourth-order valence-electron chi connectivity index (χ4n) is 3.65. The molecule has 3 heterocycles. The highest BCUT2D eigenvalue weighted by Gasteiger charge is 2.36. The summed E-state index contributed by atoms with van der Waals surface area (Å²) < 4.78 is 5.03. The molecule has 0 N–H and O–H groups in total. The van der Waals surface area contributed by atoms with E-state index in [4.69, 9.17) is 4.74 Å². The Hall–Kier alpha value is -1.10. The molecule has 0 aromatic carbocycles. The molecule has 3 rings (SSSR count). The van der Waals surface area contributed by atoms with Crippen LogP contribution in [0.4, 0.5) is 0 Å². The predicted octanol–water partition coefficient (Wildman–Crippen LogP) is 1.03. The third kappa shape index (κ3) is 2.82. The predicted molar refractivity (Wildman–Crippen MR) is 74.1 cm³/mol. The fourth-order valence-corrected chi connectivity index (χ4v) is 3.65. The molecule has 1 amide bonds. The summed E-state index contributed by atoms with van der Waals surface area (Å²) in [6.45, 7) is 4.13. The molecule has 20 heavy (non-hydrogen) atoms. The molecule has 0 spiro atoms. The molecule has 3 fully saturated rings. The van der Waals surface area contributed by atoms with Crippen molar-refractivity contribution in [1.82, 2.24) is 9.80 Å². The maximum atomic E-state index is 12.5. The first kappa shape index (κ1) is 13.9. The van der Waals surface area contributed by atoms with Gasteiger partial charge < -0.3 is 9.64 Å². The van der Waals surface area contributed by atoms with Crippen LogP contribution in [-0.4, -0.2) is 60.5 Å². The van der Waals surface area contributed by atoms with Gasteiger partial charge in [-0.2, -0.15) is 0 Å². The van der Waals surface area contributed by atoms with Crippen molar-refractivity contribution in [3.8, 4) is 0 Å². The Labute approximate surface area is 120 Å². The highest BCUT2D eigenvalue weighted by molar-refractivity contribution is 5.79. The van der Waals surface area contributed by atoms with Gasteiger partial charge in [0.2, 0.25) is 5.91 Å². The molecule has 0 aliphatic carbocycles. The van der Waals surface area contributed by atoms with E-state index in [2.05, 4.69) is 4.90 Å². The molecule has 0 saturated carbocycles. The summed E-state index contributed by atoms with van der Waals surface area (Å²) in [6, 6.07) is -0.0546. The number of ether oxygens (including phenoxy) is 1. The standard InChI is InChI=1S/C15H24N2O3/c18-14(17-7-2-1-3-8-17)12-4-9-16(10-5-12)13-6-11-20-15(13)19/h12-13H,1-11H2/t13-/m0/s1. The lowest BCUT2D eigenvalue weighted by molar-refractivity contribution is -0.143. The Kier molecular flexibility index (Phi) is 4.24. The minimum absolute atomic E-state index is 0.0546. The number of hydrogen-bond donors (Lipinski definition) is 0. The summed E-state index contributed by atoms with van der Waals surface area (Å²) in [7, 11) is 0. The second-order valence-electron chi connectivity index (χ2n) is 6.17. The van der Waals surface area contributed by atoms with E-state index in [1.54, 1.807) is 0 Å². The minimum Gasteiger partial charge on any atom is -0.464 e. The van der Waals surface area contributed by atoms with Crippen LogP contribution >= 0.6 is 0 Å². The molecule has 3 saturated heterocycles. The van der Waals surface area contributed by atoms with Crippen LogP contribution < -0.4 is 0 Å². The zero-order valence-corrected chi connectivity index (χ0v) is 12.1. The summed E-state index contributed by atoms with van der Waals surface area (Å²) in [5.41, 5.74) is 0. The molecular formula is C15H24N2O3. The Morgan fingerprint density at radius 1 is 1.00 bits per heavy atom. The van der Waals surface area contributed by atoms with Gasteiger partial charge in [-0.3, -0.25) is 14.5 Å². The summed E-state index contributed by atoms with van der Waals surface area (Å²) in [5.74, 6) is 0.436. The number of esters is 1. The first-order valence-electron chi connectivity index (χ1n) is 7.95. The molecule has 5 heteroatoms. The number of nitrogens with zero attached hydrogens (tertiary/aromatic N) is 2. The van der Waals surface area contributed by atoms with Crippen molar-refractivity contribution in [2.75, 3.05) is 32.8 Å². The van der Waals surface area contributed by atoms with Gasteiger partial charge in [-0.25, -0.2) is 0 Å². The zero-order valence-electron chi connectivity index (χ0n) is 12.1. The maximum Gasteiger partial charge on any atom is 0.323 e. The van der Waals surface area contributed by atoms with E-state index in [-0.39, 0.29) is 17.9 Å². The Bertz CT molecular complexity index is 371. The van der Waals surface area contributed by atoms with Gasteiger partial charge in [0.25, 0.3) is 0 Å². The van der Waals surface area contributed by atoms with E-state index < -0.39 is 0 Å². The Balaban J connectivity index is 1.50. The van der Waals surface area contributed by atoms with Crippen molar-refractivity contribution in [3.05, 3.63) is 0 Å². The monoisotopic (exact) mass is 280 g/mol. The lowest BCUT2D eigenvalue weighted by Gasteiger charge is -2.36. The summed E-state index contributed by atoms with van der Waals surface area (Å²) in [4.78, 5) is 28.3. The van der Waals surface area contributed by atoms with Crippen LogP contribution in [0.2, 0.25) is 0 Å². The van der Waals surface area contributed by atoms with E-state index >= 15 is 0 Å². The van der Waals surface area contributed by atoms with Gasteiger partial charge in [0.15, 0.2) is 0 Å². The normalized spacial score (nSPS) is 29.5. The largest absolute Gasteiger partial charge is 0.464 e. The molecule has 0 aromatic rings. The molecule has 5 nitrogen and oxygen atoms in total. The first-order chi connectivity index (χ1) is 9.75. The van der Waals surface area contributed by atoms with E-state index in [1.807, 2.05) is 4.90 Å². The number of likely N-dealkylation sites (tertiary alicyclic amines) is 2. The average molecular weight is 280 g/mol. The molecule has 1 atom stereocenters. The van der Waals surface area contributed by atoms with Gasteiger partial charge in [-0.1, -0.05) is 0 Å². The topological polar surface area (TPSA) is 49.9 Å². The third-order valence-corrected chi connectivity index (χ3v) is 4.89. The molecule has 112 valence electrons. The number of carbonyl (C=O) groups is 2. The van der Waals surface area contributed by atoms with Gasteiger partial charge in [-0.05, 0) is 45.2 Å². The maximum absolute atomic E-state index is 12.5. The second-order valence-corrected chi connectivity index (χ2v) is 6.17. The molecule has 0 radical (unpaired) electrons. The third-order valence-electron chi connectivity index (χ3n) is 4.89. The molecule has 3 aliphatic heterocycles. The van der Waals surface area contributed by atoms with Crippen LogP contribution in [0, 0.1) is 5.92 Å². The number of amides is 1. The van der Waals surface area contributed by atoms with E-state index in [0.717, 1.165) is 58.3 Å². The first-order valence-corrected chi connectivity index (χ1v) is 7.95. The second kappa shape index (κ2) is 6.12. The summed E-state index contributed by atoms with van der Waals surface area (Å²) >= 11 is 0. The molecular weight excluding hydrogens is 256 g/mol. The molecule has 0 bridgehead atoms. The van der Waals surface area contributed by atoms with E-state index in [0.29, 0.717) is 12.5 Å². The molecule has 0 aromatic heterocycles. The SMILES string of the molecule is O=C1OCC[C@@H]1N1CCC(C(=O)N2CCCCC2)CC1. The van der Waals surface area contributed by atoms with Crippen LogP contribution in [0.25, 0.3) is 0 Å². The van der Waals surface area contributed by atoms with Crippen LogP contribution in [-0.2, 0) is 14.3 Å². The van der Waals surface area contributed by atoms with E-state index in [9.17, 15) is 9.59 Å². The highest BCUT2D eigenvalue weighted by Crippen LogP contribution is 2.25. The number of carbonyl (C=O) groups excluding carboxylic acids is 2. The van der Waals surface area contributed by atoms with Crippen molar-refractivity contribution in [2.45, 2.75) is 44.6 Å². The number of cyclic esters (lactones) is 1. The minimum atomic E-state index is -0.0780. The molecule has 3 aliphatic rings. The Morgan fingerprint density at radius 3 is 2.30 bits per heavy atom. The lowest BCUT2D eigenvalue weighted by Crippen LogP contribution is -2.48. The van der Waals surface area contributed by atoms with Gasteiger partial charge in [0.1, 0.15) is 6.04 Å². The fraction of sp³-hybridized carbons (Fsp3) is 0.867. The van der Waals surface area contributed by atoms with Crippen molar-refractivity contribution in [2.24, 2.45) is 5.92 Å². The van der Waals surface area contributed by atoms with Gasteiger partial charge in [0, 0.05) is 25.4 Å². The quantitative estimate of drug-likeness (QED) is 0.709. The molecule has 0 unspecified atom stereocenters. The van der Waals surface area contributed by atoms with Crippen molar-refractivity contribution in [3.63, 3.8) is 0 Å². The van der Waals surface area contributed by atoms with Crippen molar-refractivity contribution >= 4 is 11.9 Å². The van der Waals surface area contributed by atoms with Crippen molar-refractivity contribution < 1.29 is 14.3 Å². The average Bonchev–Trinajstić information content (AvgIpc) is 2.94. The van der Waals surface area contributed by atoms with Crippen molar-refractivity contribution in [1.29, 1.82) is 0 Å². The summed E-state index contributed by atoms with van der Waals surface area (Å²) in [6.07, 6.45) is 6.14. The van der Waals surface area contributed by atoms with Crippen LogP contribution in [0.3, 0.4) is 0 Å². The number of piperidine rings is 2. The van der Waals surface area contributed by atoms with Crippen LogP contribution in [0.5, 0.6) is 0 Å². The lowest BCUT2D eigenvalue weighted by atomic mass is 9.93. The van der Waals surface area contributed by atoms with Crippen LogP contribution in [0.1, 0.15) is 38.5 Å². The van der Waals surface area contributed by atoms with E-state index in [1.165, 1.54) is 6.42 Å². The van der Waals surface area contributed by atoms with Crippen LogP contribution in [0.15, 0.2) is 0 Å².